The maximum Gasteiger partial charge on any atom is 0.416 e. The molecular weight excluding hydrogens is 386 g/mol. The zero-order valence-electron chi connectivity index (χ0n) is 11.8. The lowest BCUT2D eigenvalue weighted by Crippen LogP contribution is -2.11. The second-order valence-electron chi connectivity index (χ2n) is 4.69. The quantitative estimate of drug-likeness (QED) is 0.607. The predicted molar refractivity (Wildman–Crippen MR) is 90.6 cm³/mol. The van der Waals surface area contributed by atoms with Gasteiger partial charge in [0.15, 0.2) is 0 Å². The van der Waals surface area contributed by atoms with Gasteiger partial charge in [0.1, 0.15) is 0 Å². The fraction of sp³-hybridized carbons (Fsp3) is 0.0625. The number of hydrogen-bond acceptors (Lipinski definition) is 1. The van der Waals surface area contributed by atoms with E-state index in [0.717, 1.165) is 24.3 Å². The van der Waals surface area contributed by atoms with Crippen LogP contribution < -0.4 is 5.32 Å². The van der Waals surface area contributed by atoms with Gasteiger partial charge in [-0.25, -0.2) is 0 Å². The second kappa shape index (κ2) is 7.47. The first kappa shape index (κ1) is 18.6. The summed E-state index contributed by atoms with van der Waals surface area (Å²) in [5.41, 5.74) is -0.430. The molecule has 126 valence electrons. The van der Waals surface area contributed by atoms with Gasteiger partial charge in [-0.05, 0) is 42.0 Å². The van der Waals surface area contributed by atoms with Crippen molar-refractivity contribution in [3.63, 3.8) is 0 Å². The van der Waals surface area contributed by atoms with Crippen molar-refractivity contribution < 1.29 is 18.0 Å². The van der Waals surface area contributed by atoms with Crippen LogP contribution >= 0.6 is 34.8 Å². The summed E-state index contributed by atoms with van der Waals surface area (Å²) in [6.07, 6.45) is -1.94. The van der Waals surface area contributed by atoms with Crippen LogP contribution in [0.5, 0.6) is 0 Å². The number of hydrogen-bond donors (Lipinski definition) is 1. The number of nitrogens with one attached hydrogen (secondary N) is 1. The largest absolute Gasteiger partial charge is 0.416 e. The van der Waals surface area contributed by atoms with Crippen molar-refractivity contribution in [2.24, 2.45) is 0 Å². The molecular formula is C16H9Cl3F3NO. The monoisotopic (exact) mass is 393 g/mol. The van der Waals surface area contributed by atoms with Gasteiger partial charge in [-0.1, -0.05) is 40.9 Å². The van der Waals surface area contributed by atoms with Crippen molar-refractivity contribution in [3.05, 3.63) is 68.7 Å². The maximum absolute atomic E-state index is 12.7. The molecule has 2 aromatic rings. The first-order valence-corrected chi connectivity index (χ1v) is 7.61. The number of alkyl halides is 3. The summed E-state index contributed by atoms with van der Waals surface area (Å²) in [6.45, 7) is 0. The van der Waals surface area contributed by atoms with Gasteiger partial charge in [0.05, 0.1) is 26.3 Å². The van der Waals surface area contributed by atoms with Crippen LogP contribution in [0.3, 0.4) is 0 Å². The molecule has 0 atom stereocenters. The lowest BCUT2D eigenvalue weighted by molar-refractivity contribution is -0.137. The maximum atomic E-state index is 12.7. The van der Waals surface area contributed by atoms with Crippen LogP contribution in [-0.4, -0.2) is 5.91 Å². The van der Waals surface area contributed by atoms with E-state index in [-0.39, 0.29) is 10.7 Å². The van der Waals surface area contributed by atoms with Crippen LogP contribution in [0.25, 0.3) is 6.08 Å². The van der Waals surface area contributed by atoms with E-state index in [1.54, 1.807) is 18.2 Å². The Kier molecular flexibility index (Phi) is 5.80. The van der Waals surface area contributed by atoms with E-state index >= 15 is 0 Å². The van der Waals surface area contributed by atoms with Crippen LogP contribution in [0, 0.1) is 0 Å². The molecule has 0 unspecified atom stereocenters. The fourth-order valence-electron chi connectivity index (χ4n) is 1.76. The minimum atomic E-state index is -4.53. The van der Waals surface area contributed by atoms with Crippen LogP contribution in [0.2, 0.25) is 15.1 Å². The van der Waals surface area contributed by atoms with Crippen LogP contribution in [0.15, 0.2) is 42.5 Å². The Morgan fingerprint density at radius 2 is 1.62 bits per heavy atom. The molecule has 0 aliphatic rings. The molecule has 0 heterocycles. The zero-order valence-corrected chi connectivity index (χ0v) is 14.1. The Bertz CT molecular complexity index is 804. The normalized spacial score (nSPS) is 11.8. The van der Waals surface area contributed by atoms with Gasteiger partial charge in [0, 0.05) is 6.08 Å². The average molecular weight is 395 g/mol. The third-order valence-corrected chi connectivity index (χ3v) is 3.99. The molecule has 8 heteroatoms. The van der Waals surface area contributed by atoms with E-state index in [1.807, 2.05) is 0 Å². The fourth-order valence-corrected chi connectivity index (χ4v) is 2.23. The highest BCUT2D eigenvalue weighted by Gasteiger charge is 2.31. The second-order valence-corrected chi connectivity index (χ2v) is 5.91. The molecule has 0 saturated heterocycles. The number of anilines is 1. The highest BCUT2D eigenvalue weighted by Crippen LogP contribution is 2.33. The Hall–Kier alpha value is -1.69. The average Bonchev–Trinajstić information content (AvgIpc) is 2.49. The third kappa shape index (κ3) is 4.90. The van der Waals surface area contributed by atoms with Crippen LogP contribution in [0.4, 0.5) is 18.9 Å². The van der Waals surface area contributed by atoms with Crippen molar-refractivity contribution in [3.8, 4) is 0 Å². The zero-order chi connectivity index (χ0) is 17.9. The molecule has 0 aliphatic heterocycles. The molecule has 0 spiro atoms. The van der Waals surface area contributed by atoms with Crippen LogP contribution in [-0.2, 0) is 11.0 Å². The van der Waals surface area contributed by atoms with Gasteiger partial charge in [0.2, 0.25) is 5.91 Å². The summed E-state index contributed by atoms with van der Waals surface area (Å²) in [6, 6.07) is 7.42. The standard InChI is InChI=1S/C16H9Cl3F3NO/c17-11-4-1-9(7-13(11)19)2-6-15(24)23-14-8-10(16(20,21)22)3-5-12(14)18/h1-8H,(H,23,24)/b6-2+. The third-order valence-electron chi connectivity index (χ3n) is 2.92. The molecule has 1 amide bonds. The Morgan fingerprint density at radius 1 is 0.958 bits per heavy atom. The summed E-state index contributed by atoms with van der Waals surface area (Å²) in [5.74, 6) is -0.637. The lowest BCUT2D eigenvalue weighted by Gasteiger charge is -2.10. The van der Waals surface area contributed by atoms with Crippen molar-refractivity contribution in [2.75, 3.05) is 5.32 Å². The molecule has 0 fully saturated rings. The minimum Gasteiger partial charge on any atom is -0.321 e. The smallest absolute Gasteiger partial charge is 0.321 e. The SMILES string of the molecule is O=C(/C=C/c1ccc(Cl)c(Cl)c1)Nc1cc(C(F)(F)F)ccc1Cl. The molecule has 0 aliphatic carbocycles. The van der Waals surface area contributed by atoms with E-state index in [1.165, 1.54) is 6.08 Å². The number of carbonyl (C=O) groups excluding carboxylic acids is 1. The number of halogens is 6. The Balaban J connectivity index is 2.14. The van der Waals surface area contributed by atoms with Gasteiger partial charge in [-0.2, -0.15) is 13.2 Å². The van der Waals surface area contributed by atoms with Crippen LogP contribution in [0.1, 0.15) is 11.1 Å². The summed E-state index contributed by atoms with van der Waals surface area (Å²) in [7, 11) is 0. The summed E-state index contributed by atoms with van der Waals surface area (Å²) in [4.78, 5) is 11.9. The topological polar surface area (TPSA) is 29.1 Å². The van der Waals surface area contributed by atoms with Gasteiger partial charge in [0.25, 0.3) is 0 Å². The molecule has 2 nitrogen and oxygen atoms in total. The van der Waals surface area contributed by atoms with Gasteiger partial charge >= 0.3 is 6.18 Å². The molecule has 2 aromatic carbocycles. The van der Waals surface area contributed by atoms with Crippen molar-refractivity contribution >= 4 is 52.5 Å². The van der Waals surface area contributed by atoms with E-state index in [2.05, 4.69) is 5.32 Å². The van der Waals surface area contributed by atoms with Gasteiger partial charge in [-0.15, -0.1) is 0 Å². The first-order chi connectivity index (χ1) is 11.2. The van der Waals surface area contributed by atoms with E-state index in [4.69, 9.17) is 34.8 Å². The molecule has 24 heavy (non-hydrogen) atoms. The molecule has 0 bridgehead atoms. The van der Waals surface area contributed by atoms with E-state index < -0.39 is 17.6 Å². The minimum absolute atomic E-state index is 0.000660. The number of benzene rings is 2. The molecule has 0 aromatic heterocycles. The summed E-state index contributed by atoms with van der Waals surface area (Å²) < 4.78 is 38.1. The van der Waals surface area contributed by atoms with E-state index in [0.29, 0.717) is 15.6 Å². The predicted octanol–water partition coefficient (Wildman–Crippen LogP) is 6.32. The highest BCUT2D eigenvalue weighted by molar-refractivity contribution is 6.42. The summed E-state index contributed by atoms with van der Waals surface area (Å²) >= 11 is 17.4. The van der Waals surface area contributed by atoms with Gasteiger partial charge < -0.3 is 5.32 Å². The summed E-state index contributed by atoms with van der Waals surface area (Å²) in [5, 5.41) is 2.99. The Labute approximate surface area is 150 Å². The molecule has 1 N–H and O–H groups in total. The lowest BCUT2D eigenvalue weighted by atomic mass is 10.2. The molecule has 0 radical (unpaired) electrons. The van der Waals surface area contributed by atoms with Crippen molar-refractivity contribution in [1.29, 1.82) is 0 Å². The molecule has 0 saturated carbocycles. The highest BCUT2D eigenvalue weighted by atomic mass is 35.5. The Morgan fingerprint density at radius 3 is 2.25 bits per heavy atom. The number of carbonyl (C=O) groups is 1. The van der Waals surface area contributed by atoms with Crippen molar-refractivity contribution in [2.45, 2.75) is 6.18 Å². The van der Waals surface area contributed by atoms with Gasteiger partial charge in [-0.3, -0.25) is 4.79 Å². The van der Waals surface area contributed by atoms with Crippen molar-refractivity contribution in [1.82, 2.24) is 0 Å². The number of amides is 1. The van der Waals surface area contributed by atoms with E-state index in [9.17, 15) is 18.0 Å². The molecule has 2 rings (SSSR count). The number of rotatable bonds is 3. The first-order valence-electron chi connectivity index (χ1n) is 6.47.